The van der Waals surface area contributed by atoms with Gasteiger partial charge in [-0.05, 0) is 6.92 Å². The van der Waals surface area contributed by atoms with Gasteiger partial charge in [0.1, 0.15) is 18.3 Å². The first-order chi connectivity index (χ1) is 6.11. The highest BCUT2D eigenvalue weighted by Gasteiger charge is 2.43. The molecule has 1 heterocycles. The monoisotopic (exact) mass is 192 g/mol. The summed E-state index contributed by atoms with van der Waals surface area (Å²) in [4.78, 5) is 0. The molecule has 5 atom stereocenters. The summed E-state index contributed by atoms with van der Waals surface area (Å²) in [7, 11) is 2.90. The third kappa shape index (κ3) is 2.00. The zero-order chi connectivity index (χ0) is 10.0. The third-order valence-electron chi connectivity index (χ3n) is 2.32. The van der Waals surface area contributed by atoms with Crippen LogP contribution >= 0.6 is 0 Å². The van der Waals surface area contributed by atoms with E-state index in [1.807, 2.05) is 0 Å². The van der Waals surface area contributed by atoms with Crippen LogP contribution in [-0.4, -0.2) is 55.1 Å². The molecule has 0 unspecified atom stereocenters. The summed E-state index contributed by atoms with van der Waals surface area (Å²) in [6, 6.07) is 0. The molecular formula is C8H16O5. The largest absolute Gasteiger partial charge is 0.388 e. The van der Waals surface area contributed by atoms with Crippen molar-refractivity contribution < 1.29 is 24.4 Å². The Balaban J connectivity index is 2.71. The summed E-state index contributed by atoms with van der Waals surface area (Å²) in [5, 5.41) is 19.0. The van der Waals surface area contributed by atoms with Crippen LogP contribution in [0, 0.1) is 0 Å². The molecule has 1 aliphatic rings. The first kappa shape index (κ1) is 10.9. The third-order valence-corrected chi connectivity index (χ3v) is 2.32. The Morgan fingerprint density at radius 1 is 1.08 bits per heavy atom. The predicted molar refractivity (Wildman–Crippen MR) is 44.2 cm³/mol. The molecule has 0 aliphatic carbocycles. The van der Waals surface area contributed by atoms with Crippen LogP contribution in [0.5, 0.6) is 0 Å². The lowest BCUT2D eigenvalue weighted by Crippen LogP contribution is -2.57. The summed E-state index contributed by atoms with van der Waals surface area (Å²) in [5.41, 5.74) is 0. The van der Waals surface area contributed by atoms with Crippen molar-refractivity contribution in [2.24, 2.45) is 0 Å². The van der Waals surface area contributed by atoms with Gasteiger partial charge in [0.05, 0.1) is 6.10 Å². The van der Waals surface area contributed by atoms with Crippen molar-refractivity contribution in [3.63, 3.8) is 0 Å². The van der Waals surface area contributed by atoms with Gasteiger partial charge in [-0.2, -0.15) is 0 Å². The highest BCUT2D eigenvalue weighted by molar-refractivity contribution is 4.88. The maximum Gasteiger partial charge on any atom is 0.184 e. The molecule has 0 aromatic heterocycles. The second kappa shape index (κ2) is 4.34. The van der Waals surface area contributed by atoms with Crippen LogP contribution in [0.1, 0.15) is 6.92 Å². The van der Waals surface area contributed by atoms with Crippen molar-refractivity contribution in [3.05, 3.63) is 0 Å². The second-order valence-electron chi connectivity index (χ2n) is 3.12. The van der Waals surface area contributed by atoms with Crippen molar-refractivity contribution in [2.45, 2.75) is 37.6 Å². The minimum absolute atomic E-state index is 0.452. The quantitative estimate of drug-likeness (QED) is 0.594. The van der Waals surface area contributed by atoms with Crippen LogP contribution in [-0.2, 0) is 14.2 Å². The lowest BCUT2D eigenvalue weighted by Gasteiger charge is -2.40. The standard InChI is InChI=1S/C8H16O5/c1-4-5(9)6(11-2)7(12-3)8(10)13-4/h4-10H,1-3H3/t4-,5+,6+,7-,8+/m0/s1. The van der Waals surface area contributed by atoms with Gasteiger partial charge in [0.2, 0.25) is 0 Å². The number of aliphatic hydroxyl groups excluding tert-OH is 2. The van der Waals surface area contributed by atoms with Crippen LogP contribution in [0.4, 0.5) is 0 Å². The van der Waals surface area contributed by atoms with Crippen molar-refractivity contribution in [1.82, 2.24) is 0 Å². The van der Waals surface area contributed by atoms with Crippen LogP contribution in [0.15, 0.2) is 0 Å². The molecule has 5 nitrogen and oxygen atoms in total. The van der Waals surface area contributed by atoms with Gasteiger partial charge in [-0.25, -0.2) is 0 Å². The van der Waals surface area contributed by atoms with Gasteiger partial charge in [0.25, 0.3) is 0 Å². The molecule has 0 radical (unpaired) electrons. The molecule has 0 aromatic carbocycles. The summed E-state index contributed by atoms with van der Waals surface area (Å²) in [5.74, 6) is 0. The molecule has 0 spiro atoms. The minimum atomic E-state index is -1.05. The molecule has 0 amide bonds. The molecule has 1 rings (SSSR count). The number of hydrogen-bond acceptors (Lipinski definition) is 5. The molecule has 1 aliphatic heterocycles. The molecule has 13 heavy (non-hydrogen) atoms. The summed E-state index contributed by atoms with van der Waals surface area (Å²) in [6.45, 7) is 1.67. The Hall–Kier alpha value is -0.200. The fourth-order valence-electron chi connectivity index (χ4n) is 1.53. The van der Waals surface area contributed by atoms with Gasteiger partial charge in [0.15, 0.2) is 6.29 Å². The molecule has 0 aromatic rings. The van der Waals surface area contributed by atoms with Crippen molar-refractivity contribution in [3.8, 4) is 0 Å². The smallest absolute Gasteiger partial charge is 0.184 e. The van der Waals surface area contributed by atoms with Gasteiger partial charge in [0, 0.05) is 14.2 Å². The van der Waals surface area contributed by atoms with E-state index >= 15 is 0 Å². The van der Waals surface area contributed by atoms with E-state index in [9.17, 15) is 10.2 Å². The maximum atomic E-state index is 9.62. The van der Waals surface area contributed by atoms with E-state index in [4.69, 9.17) is 14.2 Å². The number of aliphatic hydroxyl groups is 2. The summed E-state index contributed by atoms with van der Waals surface area (Å²) >= 11 is 0. The normalized spacial score (nSPS) is 46.4. The Morgan fingerprint density at radius 3 is 2.08 bits per heavy atom. The van der Waals surface area contributed by atoms with Crippen LogP contribution in [0.3, 0.4) is 0 Å². The Labute approximate surface area is 77.2 Å². The summed E-state index contributed by atoms with van der Waals surface area (Å²) in [6.07, 6.45) is -3.47. The topological polar surface area (TPSA) is 68.2 Å². The van der Waals surface area contributed by atoms with E-state index in [1.165, 1.54) is 14.2 Å². The van der Waals surface area contributed by atoms with E-state index in [2.05, 4.69) is 0 Å². The van der Waals surface area contributed by atoms with Gasteiger partial charge in [-0.1, -0.05) is 0 Å². The van der Waals surface area contributed by atoms with E-state index in [0.717, 1.165) is 0 Å². The molecule has 1 saturated heterocycles. The van der Waals surface area contributed by atoms with Crippen LogP contribution in [0.2, 0.25) is 0 Å². The van der Waals surface area contributed by atoms with E-state index in [1.54, 1.807) is 6.92 Å². The summed E-state index contributed by atoms with van der Waals surface area (Å²) < 4.78 is 15.0. The van der Waals surface area contributed by atoms with Crippen molar-refractivity contribution in [1.29, 1.82) is 0 Å². The predicted octanol–water partition coefficient (Wildman–Crippen LogP) is -0.886. The van der Waals surface area contributed by atoms with Crippen LogP contribution < -0.4 is 0 Å². The number of hydrogen-bond donors (Lipinski definition) is 2. The van der Waals surface area contributed by atoms with Crippen LogP contribution in [0.25, 0.3) is 0 Å². The zero-order valence-corrected chi connectivity index (χ0v) is 8.01. The average Bonchev–Trinajstić information content (AvgIpc) is 2.10. The van der Waals surface area contributed by atoms with E-state index in [0.29, 0.717) is 0 Å². The highest BCUT2D eigenvalue weighted by Crippen LogP contribution is 2.23. The van der Waals surface area contributed by atoms with Gasteiger partial charge >= 0.3 is 0 Å². The number of rotatable bonds is 2. The van der Waals surface area contributed by atoms with Gasteiger partial charge < -0.3 is 24.4 Å². The molecule has 2 N–H and O–H groups in total. The number of methoxy groups -OCH3 is 2. The number of ether oxygens (including phenoxy) is 3. The minimum Gasteiger partial charge on any atom is -0.388 e. The van der Waals surface area contributed by atoms with Crippen molar-refractivity contribution >= 4 is 0 Å². The first-order valence-electron chi connectivity index (χ1n) is 4.19. The zero-order valence-electron chi connectivity index (χ0n) is 8.01. The molecule has 5 heteroatoms. The van der Waals surface area contributed by atoms with Crippen molar-refractivity contribution in [2.75, 3.05) is 14.2 Å². The fourth-order valence-corrected chi connectivity index (χ4v) is 1.53. The molecule has 1 fully saturated rings. The Bertz CT molecular complexity index is 163. The first-order valence-corrected chi connectivity index (χ1v) is 4.19. The van der Waals surface area contributed by atoms with E-state index in [-0.39, 0.29) is 0 Å². The van der Waals surface area contributed by atoms with Gasteiger partial charge in [-0.3, -0.25) is 0 Å². The fraction of sp³-hybridized carbons (Fsp3) is 1.00. The molecule has 0 saturated carbocycles. The van der Waals surface area contributed by atoms with E-state index < -0.39 is 30.7 Å². The second-order valence-corrected chi connectivity index (χ2v) is 3.12. The molecular weight excluding hydrogens is 176 g/mol. The van der Waals surface area contributed by atoms with Gasteiger partial charge in [-0.15, -0.1) is 0 Å². The Kier molecular flexibility index (Phi) is 3.63. The molecule has 0 bridgehead atoms. The lowest BCUT2D eigenvalue weighted by molar-refractivity contribution is -0.287. The Morgan fingerprint density at radius 2 is 1.62 bits per heavy atom. The molecule has 78 valence electrons. The lowest BCUT2D eigenvalue weighted by atomic mass is 10.00. The highest BCUT2D eigenvalue weighted by atomic mass is 16.7. The SMILES string of the molecule is CO[C@@H]1[C@H](O)[C@H](C)O[C@@H](O)[C@H]1OC. The maximum absolute atomic E-state index is 9.62. The average molecular weight is 192 g/mol.